The summed E-state index contributed by atoms with van der Waals surface area (Å²) in [6.45, 7) is 2.21. The quantitative estimate of drug-likeness (QED) is 0.882. The summed E-state index contributed by atoms with van der Waals surface area (Å²) in [5.74, 6) is -0.115. The Hall–Kier alpha value is -0.410. The van der Waals surface area contributed by atoms with E-state index in [2.05, 4.69) is 22.9 Å². The molecule has 16 heavy (non-hydrogen) atoms. The Labute approximate surface area is 104 Å². The van der Waals surface area contributed by atoms with Gasteiger partial charge in [-0.2, -0.15) is 0 Å². The maximum atomic E-state index is 13.7. The number of hydrogen-bond acceptors (Lipinski definition) is 1. The first-order valence-corrected chi connectivity index (χ1v) is 6.47. The Morgan fingerprint density at radius 1 is 1.56 bits per heavy atom. The van der Waals surface area contributed by atoms with Crippen molar-refractivity contribution < 1.29 is 4.39 Å². The molecule has 0 bridgehead atoms. The number of hydrogen-bond donors (Lipinski definition) is 1. The molecule has 0 saturated heterocycles. The minimum atomic E-state index is -0.115. The van der Waals surface area contributed by atoms with Crippen LogP contribution in [0, 0.1) is 11.2 Å². The van der Waals surface area contributed by atoms with Gasteiger partial charge in [0, 0.05) is 10.5 Å². The van der Waals surface area contributed by atoms with Crippen LogP contribution >= 0.6 is 15.9 Å². The van der Waals surface area contributed by atoms with E-state index in [-0.39, 0.29) is 11.2 Å². The fourth-order valence-corrected chi connectivity index (χ4v) is 2.99. The molecule has 1 aromatic carbocycles. The summed E-state index contributed by atoms with van der Waals surface area (Å²) in [4.78, 5) is 0. The van der Waals surface area contributed by atoms with Gasteiger partial charge in [-0.05, 0) is 48.8 Å². The minimum absolute atomic E-state index is 0.115. The SMILES string of the molecule is CC1(Cc2ccc(Br)cc2F)CCC(N)C1. The lowest BCUT2D eigenvalue weighted by Gasteiger charge is -2.24. The molecule has 2 N–H and O–H groups in total. The van der Waals surface area contributed by atoms with E-state index >= 15 is 0 Å². The molecule has 0 heterocycles. The highest BCUT2D eigenvalue weighted by molar-refractivity contribution is 9.10. The first-order chi connectivity index (χ1) is 7.48. The second-order valence-electron chi connectivity index (χ2n) is 5.23. The Kier molecular flexibility index (Phi) is 3.36. The van der Waals surface area contributed by atoms with Crippen molar-refractivity contribution >= 4 is 15.9 Å². The molecule has 1 fully saturated rings. The lowest BCUT2D eigenvalue weighted by atomic mass is 9.82. The van der Waals surface area contributed by atoms with Gasteiger partial charge in [0.15, 0.2) is 0 Å². The number of benzene rings is 1. The van der Waals surface area contributed by atoms with Crippen molar-refractivity contribution in [2.45, 2.75) is 38.6 Å². The molecular weight excluding hydrogens is 269 g/mol. The van der Waals surface area contributed by atoms with E-state index in [0.29, 0.717) is 6.04 Å². The van der Waals surface area contributed by atoms with Crippen molar-refractivity contribution in [3.05, 3.63) is 34.1 Å². The van der Waals surface area contributed by atoms with Gasteiger partial charge in [-0.25, -0.2) is 4.39 Å². The maximum absolute atomic E-state index is 13.7. The van der Waals surface area contributed by atoms with Crippen molar-refractivity contribution in [2.24, 2.45) is 11.1 Å². The van der Waals surface area contributed by atoms with Gasteiger partial charge in [-0.1, -0.05) is 28.9 Å². The van der Waals surface area contributed by atoms with E-state index in [1.54, 1.807) is 0 Å². The summed E-state index contributed by atoms with van der Waals surface area (Å²) >= 11 is 3.27. The van der Waals surface area contributed by atoms with Crippen LogP contribution < -0.4 is 5.73 Å². The molecule has 2 rings (SSSR count). The lowest BCUT2D eigenvalue weighted by Crippen LogP contribution is -2.21. The van der Waals surface area contributed by atoms with Crippen LogP contribution in [0.2, 0.25) is 0 Å². The van der Waals surface area contributed by atoms with Gasteiger partial charge in [0.05, 0.1) is 0 Å². The zero-order valence-electron chi connectivity index (χ0n) is 9.47. The average Bonchev–Trinajstić information content (AvgIpc) is 2.52. The van der Waals surface area contributed by atoms with Crippen molar-refractivity contribution in [3.8, 4) is 0 Å². The normalized spacial score (nSPS) is 29.6. The fraction of sp³-hybridized carbons (Fsp3) is 0.538. The van der Waals surface area contributed by atoms with E-state index < -0.39 is 0 Å². The third-order valence-corrected chi connectivity index (χ3v) is 4.00. The molecule has 1 aliphatic carbocycles. The predicted octanol–water partition coefficient (Wildman–Crippen LogP) is 3.65. The highest BCUT2D eigenvalue weighted by atomic mass is 79.9. The second-order valence-corrected chi connectivity index (χ2v) is 6.14. The van der Waals surface area contributed by atoms with Crippen LogP contribution in [-0.4, -0.2) is 6.04 Å². The Morgan fingerprint density at radius 2 is 2.31 bits per heavy atom. The first kappa shape index (κ1) is 12.1. The van der Waals surface area contributed by atoms with Crippen LogP contribution in [0.4, 0.5) is 4.39 Å². The van der Waals surface area contributed by atoms with E-state index in [4.69, 9.17) is 5.73 Å². The van der Waals surface area contributed by atoms with E-state index in [0.717, 1.165) is 35.7 Å². The molecular formula is C13H17BrFN. The molecule has 1 nitrogen and oxygen atoms in total. The van der Waals surface area contributed by atoms with Crippen LogP contribution in [0.15, 0.2) is 22.7 Å². The summed E-state index contributed by atoms with van der Waals surface area (Å²) in [5.41, 5.74) is 6.90. The number of rotatable bonds is 2. The van der Waals surface area contributed by atoms with Crippen LogP contribution in [0.1, 0.15) is 31.7 Å². The molecule has 0 aromatic heterocycles. The van der Waals surface area contributed by atoms with E-state index in [1.807, 2.05) is 12.1 Å². The molecule has 88 valence electrons. The van der Waals surface area contributed by atoms with Crippen molar-refractivity contribution in [1.29, 1.82) is 0 Å². The smallest absolute Gasteiger partial charge is 0.127 e. The maximum Gasteiger partial charge on any atom is 0.127 e. The van der Waals surface area contributed by atoms with Crippen LogP contribution in [0.3, 0.4) is 0 Å². The topological polar surface area (TPSA) is 26.0 Å². The van der Waals surface area contributed by atoms with Gasteiger partial charge in [0.1, 0.15) is 5.82 Å². The highest BCUT2D eigenvalue weighted by Gasteiger charge is 2.33. The van der Waals surface area contributed by atoms with E-state index in [1.165, 1.54) is 6.07 Å². The van der Waals surface area contributed by atoms with Crippen molar-refractivity contribution in [3.63, 3.8) is 0 Å². The van der Waals surface area contributed by atoms with Crippen molar-refractivity contribution in [1.82, 2.24) is 0 Å². The molecule has 1 aromatic rings. The summed E-state index contributed by atoms with van der Waals surface area (Å²) < 4.78 is 14.5. The second kappa shape index (κ2) is 4.46. The van der Waals surface area contributed by atoms with Crippen molar-refractivity contribution in [2.75, 3.05) is 0 Å². The van der Waals surface area contributed by atoms with Gasteiger partial charge in [0.2, 0.25) is 0 Å². The average molecular weight is 286 g/mol. The van der Waals surface area contributed by atoms with Gasteiger partial charge in [-0.15, -0.1) is 0 Å². The standard InChI is InChI=1S/C13H17BrFN/c1-13(5-4-11(16)8-13)7-9-2-3-10(14)6-12(9)15/h2-3,6,11H,4-5,7-8,16H2,1H3. The summed E-state index contributed by atoms with van der Waals surface area (Å²) in [6, 6.07) is 5.60. The summed E-state index contributed by atoms with van der Waals surface area (Å²) in [7, 11) is 0. The van der Waals surface area contributed by atoms with Gasteiger partial charge >= 0.3 is 0 Å². The third kappa shape index (κ3) is 2.64. The molecule has 0 amide bonds. The van der Waals surface area contributed by atoms with Gasteiger partial charge in [-0.3, -0.25) is 0 Å². The van der Waals surface area contributed by atoms with E-state index in [9.17, 15) is 4.39 Å². The number of halogens is 2. The Balaban J connectivity index is 2.14. The number of nitrogens with two attached hydrogens (primary N) is 1. The Morgan fingerprint density at radius 3 is 2.88 bits per heavy atom. The van der Waals surface area contributed by atoms with Gasteiger partial charge in [0.25, 0.3) is 0 Å². The molecule has 2 atom stereocenters. The minimum Gasteiger partial charge on any atom is -0.328 e. The predicted molar refractivity (Wildman–Crippen MR) is 67.7 cm³/mol. The van der Waals surface area contributed by atoms with Gasteiger partial charge < -0.3 is 5.73 Å². The zero-order chi connectivity index (χ0) is 11.8. The van der Waals surface area contributed by atoms with Crippen LogP contribution in [0.5, 0.6) is 0 Å². The molecule has 0 radical (unpaired) electrons. The monoisotopic (exact) mass is 285 g/mol. The largest absolute Gasteiger partial charge is 0.328 e. The fourth-order valence-electron chi connectivity index (χ4n) is 2.66. The molecule has 1 aliphatic rings. The summed E-state index contributed by atoms with van der Waals surface area (Å²) in [5, 5.41) is 0. The molecule has 0 aliphatic heterocycles. The highest BCUT2D eigenvalue weighted by Crippen LogP contribution is 2.40. The molecule has 3 heteroatoms. The van der Waals surface area contributed by atoms with Crippen LogP contribution in [0.25, 0.3) is 0 Å². The molecule has 1 saturated carbocycles. The zero-order valence-corrected chi connectivity index (χ0v) is 11.1. The summed E-state index contributed by atoms with van der Waals surface area (Å²) in [6.07, 6.45) is 3.96. The Bertz CT molecular complexity index is 394. The molecule has 0 spiro atoms. The molecule has 2 unspecified atom stereocenters. The third-order valence-electron chi connectivity index (χ3n) is 3.51. The van der Waals surface area contributed by atoms with Crippen LogP contribution in [-0.2, 0) is 6.42 Å². The lowest BCUT2D eigenvalue weighted by molar-refractivity contribution is 0.324. The first-order valence-electron chi connectivity index (χ1n) is 5.68.